The van der Waals surface area contributed by atoms with Gasteiger partial charge in [0.25, 0.3) is 0 Å². The molecule has 130 valence electrons. The molecule has 0 aromatic carbocycles. The molecule has 0 radical (unpaired) electrons. The summed E-state index contributed by atoms with van der Waals surface area (Å²) in [6, 6.07) is 8.24. The van der Waals surface area contributed by atoms with Crippen LogP contribution in [-0.4, -0.2) is 23.2 Å². The second-order valence-electron chi connectivity index (χ2n) is 6.37. The molecule has 6 nitrogen and oxygen atoms in total. The van der Waals surface area contributed by atoms with Gasteiger partial charge in [0.05, 0.1) is 11.4 Å². The maximum absolute atomic E-state index is 5.95. The summed E-state index contributed by atoms with van der Waals surface area (Å²) in [5.41, 5.74) is 10.7. The molecule has 0 amide bonds. The van der Waals surface area contributed by atoms with Crippen LogP contribution in [0.4, 0.5) is 11.5 Å². The van der Waals surface area contributed by atoms with Crippen molar-refractivity contribution in [3.8, 4) is 11.3 Å². The zero-order chi connectivity index (χ0) is 17.2. The average Bonchev–Trinajstić information content (AvgIpc) is 3.03. The molecular formula is C18H21N5OS. The lowest BCUT2D eigenvalue weighted by Crippen LogP contribution is -2.17. The lowest BCUT2D eigenvalue weighted by molar-refractivity contribution is 0.0667. The fraction of sp³-hybridized carbons (Fsp3) is 0.333. The van der Waals surface area contributed by atoms with Crippen molar-refractivity contribution in [1.29, 1.82) is 0 Å². The maximum atomic E-state index is 5.95. The minimum Gasteiger partial charge on any atom is -0.396 e. The van der Waals surface area contributed by atoms with Crippen LogP contribution in [0.3, 0.4) is 0 Å². The molecule has 0 aliphatic carbocycles. The lowest BCUT2D eigenvalue weighted by Gasteiger charge is -2.21. The predicted octanol–water partition coefficient (Wildman–Crippen LogP) is 3.20. The van der Waals surface area contributed by atoms with Crippen molar-refractivity contribution in [2.24, 2.45) is 11.8 Å². The van der Waals surface area contributed by atoms with E-state index in [4.69, 9.17) is 21.3 Å². The summed E-state index contributed by atoms with van der Waals surface area (Å²) >= 11 is 1.78. The van der Waals surface area contributed by atoms with E-state index in [1.165, 1.54) is 10.3 Å². The first-order valence-corrected chi connectivity index (χ1v) is 9.24. The van der Waals surface area contributed by atoms with Gasteiger partial charge in [-0.25, -0.2) is 15.8 Å². The molecule has 1 aliphatic rings. The Bertz CT molecular complexity index is 888. The minimum absolute atomic E-state index is 0.472. The van der Waals surface area contributed by atoms with Gasteiger partial charge in [-0.05, 0) is 49.4 Å². The number of ether oxygens (including phenoxy) is 1. The highest BCUT2D eigenvalue weighted by Crippen LogP contribution is 2.31. The molecule has 1 fully saturated rings. The van der Waals surface area contributed by atoms with E-state index in [1.54, 1.807) is 17.5 Å². The monoisotopic (exact) mass is 355 g/mol. The van der Waals surface area contributed by atoms with Gasteiger partial charge in [0.2, 0.25) is 0 Å². The lowest BCUT2D eigenvalue weighted by atomic mass is 9.96. The summed E-state index contributed by atoms with van der Waals surface area (Å²) in [6.45, 7) is 1.78. The van der Waals surface area contributed by atoms with Crippen molar-refractivity contribution in [1.82, 2.24) is 9.97 Å². The number of nitrogens with one attached hydrogen (secondary N) is 1. The van der Waals surface area contributed by atoms with Gasteiger partial charge in [-0.2, -0.15) is 0 Å². The average molecular weight is 355 g/mol. The minimum atomic E-state index is 0.472. The number of thiophene rings is 1. The van der Waals surface area contributed by atoms with Crippen molar-refractivity contribution < 1.29 is 4.74 Å². The van der Waals surface area contributed by atoms with Crippen LogP contribution in [0.2, 0.25) is 0 Å². The van der Waals surface area contributed by atoms with Crippen LogP contribution in [0.1, 0.15) is 17.7 Å². The number of hydrogen-bond acceptors (Lipinski definition) is 7. The van der Waals surface area contributed by atoms with E-state index < -0.39 is 0 Å². The molecular weight excluding hydrogens is 334 g/mol. The number of hydrogen-bond donors (Lipinski definition) is 3. The number of rotatable bonds is 4. The highest BCUT2D eigenvalue weighted by molar-refractivity contribution is 7.18. The summed E-state index contributed by atoms with van der Waals surface area (Å²) in [6.07, 6.45) is 5.15. The molecule has 0 saturated carbocycles. The SMILES string of the molecule is NNc1ncc(-c2ccc3cc(CC4CCOCC4)sc3n2)cc1N. The van der Waals surface area contributed by atoms with Gasteiger partial charge in [-0.15, -0.1) is 11.3 Å². The van der Waals surface area contributed by atoms with Crippen LogP contribution >= 0.6 is 11.3 Å². The van der Waals surface area contributed by atoms with E-state index in [-0.39, 0.29) is 0 Å². The van der Waals surface area contributed by atoms with Gasteiger partial charge in [0.1, 0.15) is 4.83 Å². The van der Waals surface area contributed by atoms with Crippen molar-refractivity contribution in [2.75, 3.05) is 24.4 Å². The molecule has 1 saturated heterocycles. The third kappa shape index (κ3) is 3.44. The Kier molecular flexibility index (Phi) is 4.52. The Morgan fingerprint density at radius 2 is 2.08 bits per heavy atom. The number of aromatic nitrogens is 2. The molecule has 0 bridgehead atoms. The molecule has 25 heavy (non-hydrogen) atoms. The number of hydrazine groups is 1. The molecule has 3 aromatic rings. The second-order valence-corrected chi connectivity index (χ2v) is 7.48. The normalized spacial score (nSPS) is 15.6. The highest BCUT2D eigenvalue weighted by Gasteiger charge is 2.16. The second kappa shape index (κ2) is 6.95. The Hall–Kier alpha value is -2.22. The third-order valence-corrected chi connectivity index (χ3v) is 5.68. The zero-order valence-electron chi connectivity index (χ0n) is 13.9. The van der Waals surface area contributed by atoms with Crippen LogP contribution in [-0.2, 0) is 11.2 Å². The van der Waals surface area contributed by atoms with Crippen LogP contribution in [0.5, 0.6) is 0 Å². The molecule has 1 aliphatic heterocycles. The Morgan fingerprint density at radius 3 is 2.84 bits per heavy atom. The molecule has 3 aromatic heterocycles. The molecule has 4 heterocycles. The van der Waals surface area contributed by atoms with Gasteiger partial charge in [0.15, 0.2) is 5.82 Å². The number of nitrogens with zero attached hydrogens (tertiary/aromatic N) is 2. The third-order valence-electron chi connectivity index (χ3n) is 4.61. The van der Waals surface area contributed by atoms with E-state index in [0.29, 0.717) is 11.5 Å². The Labute approximate surface area is 150 Å². The summed E-state index contributed by atoms with van der Waals surface area (Å²) in [5.74, 6) is 6.57. The van der Waals surface area contributed by atoms with E-state index in [2.05, 4.69) is 22.5 Å². The highest BCUT2D eigenvalue weighted by atomic mass is 32.1. The predicted molar refractivity (Wildman–Crippen MR) is 102 cm³/mol. The van der Waals surface area contributed by atoms with Crippen molar-refractivity contribution in [3.63, 3.8) is 0 Å². The van der Waals surface area contributed by atoms with Gasteiger partial charge < -0.3 is 15.9 Å². The van der Waals surface area contributed by atoms with Gasteiger partial charge in [-0.1, -0.05) is 0 Å². The van der Waals surface area contributed by atoms with Crippen LogP contribution in [0.15, 0.2) is 30.5 Å². The van der Waals surface area contributed by atoms with Crippen molar-refractivity contribution in [2.45, 2.75) is 19.3 Å². The number of nitrogens with two attached hydrogens (primary N) is 2. The standard InChI is InChI=1S/C18H21N5OS/c19-15-9-13(10-21-17(15)23-20)16-2-1-12-8-14(25-18(12)22-16)7-11-3-5-24-6-4-11/h1-2,8-11H,3-7,19-20H2,(H,21,23). The smallest absolute Gasteiger partial charge is 0.163 e. The fourth-order valence-electron chi connectivity index (χ4n) is 3.21. The Morgan fingerprint density at radius 1 is 1.24 bits per heavy atom. The molecule has 0 spiro atoms. The number of nitrogen functional groups attached to an aromatic ring is 2. The zero-order valence-corrected chi connectivity index (χ0v) is 14.7. The number of pyridine rings is 2. The summed E-state index contributed by atoms with van der Waals surface area (Å²) in [4.78, 5) is 11.5. The topological polar surface area (TPSA) is 99.1 Å². The molecule has 4 rings (SSSR count). The first-order valence-electron chi connectivity index (χ1n) is 8.42. The van der Waals surface area contributed by atoms with Crippen molar-refractivity contribution in [3.05, 3.63) is 35.3 Å². The van der Waals surface area contributed by atoms with Crippen LogP contribution in [0.25, 0.3) is 21.5 Å². The Balaban J connectivity index is 1.60. The largest absolute Gasteiger partial charge is 0.396 e. The molecule has 0 atom stereocenters. The first kappa shape index (κ1) is 16.3. The quantitative estimate of drug-likeness (QED) is 0.491. The molecule has 0 unspecified atom stereocenters. The summed E-state index contributed by atoms with van der Waals surface area (Å²) < 4.78 is 5.45. The van der Waals surface area contributed by atoms with Crippen molar-refractivity contribution >= 4 is 33.1 Å². The fourth-order valence-corrected chi connectivity index (χ4v) is 4.35. The van der Waals surface area contributed by atoms with Gasteiger partial charge >= 0.3 is 0 Å². The van der Waals surface area contributed by atoms with Gasteiger partial charge in [0, 0.05) is 35.2 Å². The first-order chi connectivity index (χ1) is 12.2. The van der Waals surface area contributed by atoms with Gasteiger partial charge in [-0.3, -0.25) is 0 Å². The summed E-state index contributed by atoms with van der Waals surface area (Å²) in [5, 5.41) is 1.19. The number of anilines is 2. The maximum Gasteiger partial charge on any atom is 0.163 e. The number of fused-ring (bicyclic) bond motifs is 1. The van der Waals surface area contributed by atoms with E-state index in [9.17, 15) is 0 Å². The summed E-state index contributed by atoms with van der Waals surface area (Å²) in [7, 11) is 0. The van der Waals surface area contributed by atoms with E-state index in [1.807, 2.05) is 12.1 Å². The van der Waals surface area contributed by atoms with Crippen LogP contribution in [0, 0.1) is 5.92 Å². The van der Waals surface area contributed by atoms with E-state index in [0.717, 1.165) is 54.5 Å². The van der Waals surface area contributed by atoms with Crippen LogP contribution < -0.4 is 17.0 Å². The van der Waals surface area contributed by atoms with E-state index >= 15 is 0 Å². The molecule has 7 heteroatoms. The molecule has 5 N–H and O–H groups in total.